The smallest absolute Gasteiger partial charge is 0.414 e. The quantitative estimate of drug-likeness (QED) is 0.801. The zero-order valence-corrected chi connectivity index (χ0v) is 17.3. The third-order valence-electron chi connectivity index (χ3n) is 5.77. The summed E-state index contributed by atoms with van der Waals surface area (Å²) < 4.78 is 5.00. The van der Waals surface area contributed by atoms with Crippen LogP contribution in [0.3, 0.4) is 0 Å². The summed E-state index contributed by atoms with van der Waals surface area (Å²) in [5.41, 5.74) is 6.14. The Balaban J connectivity index is 1.43. The fourth-order valence-electron chi connectivity index (χ4n) is 4.16. The Hall–Kier alpha value is -3.02. The van der Waals surface area contributed by atoms with Crippen LogP contribution in [0.1, 0.15) is 27.0 Å². The van der Waals surface area contributed by atoms with E-state index in [0.29, 0.717) is 31.8 Å². The van der Waals surface area contributed by atoms with Crippen molar-refractivity contribution in [1.82, 2.24) is 4.90 Å². The molecule has 2 aliphatic heterocycles. The maximum atomic E-state index is 13.1. The third kappa shape index (κ3) is 3.79. The van der Waals surface area contributed by atoms with Gasteiger partial charge in [-0.2, -0.15) is 0 Å². The van der Waals surface area contributed by atoms with Crippen molar-refractivity contribution in [1.29, 1.82) is 0 Å². The summed E-state index contributed by atoms with van der Waals surface area (Å²) in [7, 11) is 0. The maximum Gasteiger partial charge on any atom is 0.414 e. The van der Waals surface area contributed by atoms with E-state index in [1.54, 1.807) is 4.90 Å². The van der Waals surface area contributed by atoms with Crippen LogP contribution in [-0.2, 0) is 4.74 Å². The molecule has 0 unspecified atom stereocenters. The number of ether oxygens (including phenoxy) is 1. The van der Waals surface area contributed by atoms with Crippen LogP contribution in [0.2, 0.25) is 0 Å². The molecule has 0 aromatic heterocycles. The number of hydrogen-bond donors (Lipinski definition) is 0. The van der Waals surface area contributed by atoms with Crippen molar-refractivity contribution in [3.63, 3.8) is 0 Å². The lowest BCUT2D eigenvalue weighted by Gasteiger charge is -2.37. The molecule has 0 radical (unpaired) electrons. The molecule has 152 valence electrons. The highest BCUT2D eigenvalue weighted by Crippen LogP contribution is 2.25. The first-order valence-electron chi connectivity index (χ1n) is 10.1. The summed E-state index contributed by atoms with van der Waals surface area (Å²) in [5.74, 6) is 0.0540. The van der Waals surface area contributed by atoms with Crippen LogP contribution in [-0.4, -0.2) is 56.2 Å². The van der Waals surface area contributed by atoms with Crippen molar-refractivity contribution < 1.29 is 14.3 Å². The molecule has 4 rings (SSSR count). The van der Waals surface area contributed by atoms with Gasteiger partial charge in [0.25, 0.3) is 5.91 Å². The molecule has 2 amide bonds. The summed E-state index contributed by atoms with van der Waals surface area (Å²) in [4.78, 5) is 30.7. The van der Waals surface area contributed by atoms with E-state index in [4.69, 9.17) is 4.74 Å². The second kappa shape index (κ2) is 7.78. The molecule has 29 heavy (non-hydrogen) atoms. The van der Waals surface area contributed by atoms with Gasteiger partial charge in [-0.3, -0.25) is 9.69 Å². The number of piperazine rings is 1. The second-order valence-corrected chi connectivity index (χ2v) is 7.83. The minimum absolute atomic E-state index is 0.0540. The van der Waals surface area contributed by atoms with Crippen LogP contribution in [0.5, 0.6) is 0 Å². The number of carbonyl (C=O) groups excluding carboxylic acids is 2. The van der Waals surface area contributed by atoms with Gasteiger partial charge >= 0.3 is 6.09 Å². The minimum atomic E-state index is -0.328. The molecule has 0 spiro atoms. The van der Waals surface area contributed by atoms with E-state index in [0.717, 1.165) is 24.3 Å². The Kier molecular flexibility index (Phi) is 5.18. The molecular formula is C23H27N3O3. The molecule has 0 saturated carbocycles. The van der Waals surface area contributed by atoms with Crippen LogP contribution < -0.4 is 9.80 Å². The number of amides is 2. The first-order chi connectivity index (χ1) is 13.9. The van der Waals surface area contributed by atoms with Crippen LogP contribution in [0.25, 0.3) is 0 Å². The standard InChI is InChI=1S/C23H27N3O3/c1-16-4-7-21(18(3)14-16)24-8-10-25(11-9-24)22(27)20-6-5-19(15-17(20)2)26-12-13-29-23(26)28/h4-7,14-15H,8-13H2,1-3H3. The van der Waals surface area contributed by atoms with Gasteiger partial charge in [-0.1, -0.05) is 17.7 Å². The van der Waals surface area contributed by atoms with E-state index in [1.165, 1.54) is 16.8 Å². The molecule has 2 aromatic rings. The molecular weight excluding hydrogens is 366 g/mol. The molecule has 2 aromatic carbocycles. The van der Waals surface area contributed by atoms with Gasteiger partial charge in [-0.15, -0.1) is 0 Å². The number of carbonyl (C=O) groups is 2. The molecule has 6 nitrogen and oxygen atoms in total. The van der Waals surface area contributed by atoms with E-state index in [1.807, 2.05) is 30.0 Å². The van der Waals surface area contributed by atoms with E-state index >= 15 is 0 Å². The Labute approximate surface area is 171 Å². The van der Waals surface area contributed by atoms with Gasteiger partial charge < -0.3 is 14.5 Å². The topological polar surface area (TPSA) is 53.1 Å². The molecule has 2 saturated heterocycles. The highest BCUT2D eigenvalue weighted by Gasteiger charge is 2.26. The summed E-state index contributed by atoms with van der Waals surface area (Å²) in [5, 5.41) is 0. The highest BCUT2D eigenvalue weighted by molar-refractivity contribution is 5.97. The van der Waals surface area contributed by atoms with Gasteiger partial charge in [-0.25, -0.2) is 4.79 Å². The molecule has 0 N–H and O–H groups in total. The average molecular weight is 393 g/mol. The fourth-order valence-corrected chi connectivity index (χ4v) is 4.16. The normalized spacial score (nSPS) is 16.9. The van der Waals surface area contributed by atoms with Crippen LogP contribution >= 0.6 is 0 Å². The average Bonchev–Trinajstić information content (AvgIpc) is 3.13. The third-order valence-corrected chi connectivity index (χ3v) is 5.77. The second-order valence-electron chi connectivity index (χ2n) is 7.83. The van der Waals surface area contributed by atoms with Crippen LogP contribution in [0.15, 0.2) is 36.4 Å². The summed E-state index contributed by atoms with van der Waals surface area (Å²) in [6.45, 7) is 10.2. The molecule has 6 heteroatoms. The number of aryl methyl sites for hydroxylation is 3. The number of benzene rings is 2. The molecule has 0 bridgehead atoms. The lowest BCUT2D eigenvalue weighted by atomic mass is 10.1. The van der Waals surface area contributed by atoms with Gasteiger partial charge in [0, 0.05) is 43.1 Å². The zero-order valence-electron chi connectivity index (χ0n) is 17.3. The molecule has 0 atom stereocenters. The lowest BCUT2D eigenvalue weighted by molar-refractivity contribution is 0.0746. The SMILES string of the molecule is Cc1ccc(N2CCN(C(=O)c3ccc(N4CCOC4=O)cc3C)CC2)c(C)c1. The summed E-state index contributed by atoms with van der Waals surface area (Å²) in [6.07, 6.45) is -0.328. The number of rotatable bonds is 3. The van der Waals surface area contributed by atoms with Gasteiger partial charge in [0.1, 0.15) is 6.61 Å². The van der Waals surface area contributed by atoms with Gasteiger partial charge in [0.15, 0.2) is 0 Å². The van der Waals surface area contributed by atoms with E-state index < -0.39 is 0 Å². The fraction of sp³-hybridized carbons (Fsp3) is 0.391. The Bertz CT molecular complexity index is 948. The Morgan fingerprint density at radius 2 is 1.66 bits per heavy atom. The summed E-state index contributed by atoms with van der Waals surface area (Å²) >= 11 is 0. The molecule has 2 heterocycles. The van der Waals surface area contributed by atoms with Gasteiger partial charge in [0.2, 0.25) is 0 Å². The van der Waals surface area contributed by atoms with Crippen molar-refractivity contribution in [2.75, 3.05) is 49.1 Å². The van der Waals surface area contributed by atoms with E-state index in [-0.39, 0.29) is 12.0 Å². The maximum absolute atomic E-state index is 13.1. The van der Waals surface area contributed by atoms with Crippen LogP contribution in [0.4, 0.5) is 16.2 Å². The molecule has 2 fully saturated rings. The van der Waals surface area contributed by atoms with Crippen molar-refractivity contribution in [2.24, 2.45) is 0 Å². The first kappa shape index (κ1) is 19.3. The first-order valence-corrected chi connectivity index (χ1v) is 10.1. The number of hydrogen-bond acceptors (Lipinski definition) is 4. The number of cyclic esters (lactones) is 1. The van der Waals surface area contributed by atoms with E-state index in [2.05, 4.69) is 36.9 Å². The monoisotopic (exact) mass is 393 g/mol. The van der Waals surface area contributed by atoms with Crippen molar-refractivity contribution >= 4 is 23.4 Å². The Morgan fingerprint density at radius 1 is 0.897 bits per heavy atom. The highest BCUT2D eigenvalue weighted by atomic mass is 16.6. The van der Waals surface area contributed by atoms with Crippen molar-refractivity contribution in [2.45, 2.75) is 20.8 Å². The van der Waals surface area contributed by atoms with Crippen LogP contribution in [0, 0.1) is 20.8 Å². The molecule has 2 aliphatic rings. The molecule has 0 aliphatic carbocycles. The number of anilines is 2. The predicted octanol–water partition coefficient (Wildman–Crippen LogP) is 3.53. The van der Waals surface area contributed by atoms with Gasteiger partial charge in [-0.05, 0) is 56.2 Å². The van der Waals surface area contributed by atoms with Gasteiger partial charge in [0.05, 0.1) is 6.54 Å². The predicted molar refractivity (Wildman–Crippen MR) is 114 cm³/mol. The minimum Gasteiger partial charge on any atom is -0.447 e. The zero-order chi connectivity index (χ0) is 20.5. The largest absolute Gasteiger partial charge is 0.447 e. The van der Waals surface area contributed by atoms with Crippen molar-refractivity contribution in [3.8, 4) is 0 Å². The van der Waals surface area contributed by atoms with Crippen molar-refractivity contribution in [3.05, 3.63) is 58.7 Å². The summed E-state index contributed by atoms with van der Waals surface area (Å²) in [6, 6.07) is 12.1. The van der Waals surface area contributed by atoms with E-state index in [9.17, 15) is 9.59 Å². The lowest BCUT2D eigenvalue weighted by Crippen LogP contribution is -2.49. The Morgan fingerprint density at radius 3 is 2.28 bits per heavy atom. The number of nitrogens with zero attached hydrogens (tertiary/aromatic N) is 3.